The molecule has 0 aromatic heterocycles. The van der Waals surface area contributed by atoms with Crippen molar-refractivity contribution in [2.45, 2.75) is 12.5 Å². The largest absolute Gasteiger partial charge is 0.460 e. The molecule has 4 nitrogen and oxygen atoms in total. The molecule has 0 N–H and O–H groups in total. The Labute approximate surface area is 203 Å². The molecule has 0 saturated carbocycles. The Morgan fingerprint density at radius 2 is 1.16 bits per heavy atom. The van der Waals surface area contributed by atoms with Crippen LogP contribution in [0.1, 0.15) is 17.0 Å². The number of hydrogen-bond donors (Lipinski definition) is 0. The van der Waals surface area contributed by atoms with Gasteiger partial charge in [-0.3, -0.25) is 9.59 Å². The fraction of sp³-hybridized carbons (Fsp3) is 0.0909. The van der Waals surface area contributed by atoms with Crippen LogP contribution in [0, 0.1) is 0 Å². The highest BCUT2D eigenvalue weighted by Crippen LogP contribution is 2.48. The van der Waals surface area contributed by atoms with Crippen LogP contribution in [0.5, 0.6) is 5.75 Å². The van der Waals surface area contributed by atoms with Crippen LogP contribution in [-0.4, -0.2) is 11.9 Å². The lowest BCUT2D eigenvalue weighted by atomic mass is 9.99. The number of carbonyl (C=O) groups excluding carboxylic acids is 2. The molecule has 0 heterocycles. The molecule has 0 bridgehead atoms. The molecule has 0 aliphatic heterocycles. The van der Waals surface area contributed by atoms with E-state index in [-0.39, 0.29) is 37.5 Å². The van der Waals surface area contributed by atoms with Gasteiger partial charge in [-0.25, -0.2) is 0 Å². The first kappa shape index (κ1) is 23.7. The summed E-state index contributed by atoms with van der Waals surface area (Å²) in [5.41, 5.74) is 1.13. The van der Waals surface area contributed by atoms with Gasteiger partial charge in [0.25, 0.3) is 0 Å². The number of hydrogen-bond acceptors (Lipinski definition) is 4. The lowest BCUT2D eigenvalue weighted by Crippen LogP contribution is -2.28. The number of halogens is 5. The van der Waals surface area contributed by atoms with Gasteiger partial charge >= 0.3 is 11.9 Å². The molecule has 0 aliphatic rings. The molecule has 0 saturated heterocycles. The van der Waals surface area contributed by atoms with Gasteiger partial charge < -0.3 is 9.47 Å². The summed E-state index contributed by atoms with van der Waals surface area (Å²) in [5.74, 6) is -3.48. The van der Waals surface area contributed by atoms with Gasteiger partial charge in [-0.15, -0.1) is 0 Å². The normalized spacial score (nSPS) is 11.6. The molecular weight excluding hydrogens is 506 g/mol. The SMILES string of the molecule is O=C(OCc1ccccc1)C(C(=O)Oc1c(Cl)c(Cl)c(Cl)c(Cl)c1Cl)c1ccccc1. The Hall–Kier alpha value is -1.95. The number of benzene rings is 3. The van der Waals surface area contributed by atoms with Gasteiger partial charge in [0.15, 0.2) is 11.7 Å². The first-order valence-corrected chi connectivity index (χ1v) is 10.7. The lowest BCUT2D eigenvalue weighted by Gasteiger charge is -2.18. The smallest absolute Gasteiger partial charge is 0.330 e. The minimum Gasteiger partial charge on any atom is -0.460 e. The van der Waals surface area contributed by atoms with E-state index in [0.717, 1.165) is 5.56 Å². The van der Waals surface area contributed by atoms with Crippen LogP contribution in [0.4, 0.5) is 0 Å². The molecule has 0 fully saturated rings. The van der Waals surface area contributed by atoms with E-state index >= 15 is 0 Å². The van der Waals surface area contributed by atoms with E-state index in [1.807, 2.05) is 18.2 Å². The predicted octanol–water partition coefficient (Wildman–Crippen LogP) is 7.39. The average molecular weight is 519 g/mol. The van der Waals surface area contributed by atoms with Crippen molar-refractivity contribution in [2.75, 3.05) is 0 Å². The van der Waals surface area contributed by atoms with E-state index in [1.54, 1.807) is 42.5 Å². The molecular formula is C22H13Cl5O4. The fourth-order valence-corrected chi connectivity index (χ4v) is 3.86. The molecule has 1 unspecified atom stereocenters. The van der Waals surface area contributed by atoms with Gasteiger partial charge in [-0.2, -0.15) is 0 Å². The van der Waals surface area contributed by atoms with Crippen molar-refractivity contribution in [3.05, 3.63) is 96.9 Å². The third kappa shape index (κ3) is 5.46. The van der Waals surface area contributed by atoms with Gasteiger partial charge in [0, 0.05) is 0 Å². The summed E-state index contributed by atoms with van der Waals surface area (Å²) in [4.78, 5) is 25.9. The summed E-state index contributed by atoms with van der Waals surface area (Å²) < 4.78 is 10.7. The second-order valence-electron chi connectivity index (χ2n) is 6.26. The van der Waals surface area contributed by atoms with Crippen molar-refractivity contribution < 1.29 is 19.1 Å². The second kappa shape index (κ2) is 10.6. The molecule has 0 radical (unpaired) electrons. The van der Waals surface area contributed by atoms with E-state index in [4.69, 9.17) is 67.5 Å². The van der Waals surface area contributed by atoms with Gasteiger partial charge in [0.1, 0.15) is 16.7 Å². The summed E-state index contributed by atoms with van der Waals surface area (Å²) in [6.45, 7) is -0.0175. The van der Waals surface area contributed by atoms with Crippen molar-refractivity contribution in [1.82, 2.24) is 0 Å². The summed E-state index contributed by atoms with van der Waals surface area (Å²) in [7, 11) is 0. The standard InChI is InChI=1S/C22H13Cl5O4/c23-15-16(24)18(26)20(19(27)17(15)25)31-22(29)14(13-9-5-2-6-10-13)21(28)30-11-12-7-3-1-4-8-12/h1-10,14H,11H2. The van der Waals surface area contributed by atoms with E-state index in [1.165, 1.54) is 0 Å². The molecule has 0 aliphatic carbocycles. The summed E-state index contributed by atoms with van der Waals surface area (Å²) >= 11 is 30.3. The molecule has 3 aromatic carbocycles. The zero-order valence-electron chi connectivity index (χ0n) is 15.6. The number of rotatable bonds is 6. The first-order valence-electron chi connectivity index (χ1n) is 8.80. The van der Waals surface area contributed by atoms with Gasteiger partial charge in [0.2, 0.25) is 0 Å². The molecule has 9 heteroatoms. The second-order valence-corrected chi connectivity index (χ2v) is 8.15. The van der Waals surface area contributed by atoms with E-state index in [0.29, 0.717) is 5.56 Å². The molecule has 0 amide bonds. The Morgan fingerprint density at radius 3 is 1.71 bits per heavy atom. The van der Waals surface area contributed by atoms with Crippen LogP contribution in [0.25, 0.3) is 0 Å². The maximum atomic E-state index is 13.0. The number of carbonyl (C=O) groups is 2. The quantitative estimate of drug-likeness (QED) is 0.112. The van der Waals surface area contributed by atoms with Crippen molar-refractivity contribution in [1.29, 1.82) is 0 Å². The van der Waals surface area contributed by atoms with Crippen molar-refractivity contribution in [3.63, 3.8) is 0 Å². The Morgan fingerprint density at radius 1 is 0.677 bits per heavy atom. The Kier molecular flexibility index (Phi) is 8.09. The highest BCUT2D eigenvalue weighted by atomic mass is 35.5. The van der Waals surface area contributed by atoms with Gasteiger partial charge in [-0.1, -0.05) is 119 Å². The zero-order valence-corrected chi connectivity index (χ0v) is 19.4. The highest BCUT2D eigenvalue weighted by molar-refractivity contribution is 6.55. The van der Waals surface area contributed by atoms with E-state index < -0.39 is 17.9 Å². The number of esters is 2. The minimum absolute atomic E-state index is 0.0175. The first-order chi connectivity index (χ1) is 14.8. The van der Waals surface area contributed by atoms with Crippen LogP contribution in [0.15, 0.2) is 60.7 Å². The molecule has 3 rings (SSSR count). The maximum absolute atomic E-state index is 13.0. The van der Waals surface area contributed by atoms with Crippen molar-refractivity contribution in [3.8, 4) is 5.75 Å². The predicted molar refractivity (Wildman–Crippen MR) is 123 cm³/mol. The van der Waals surface area contributed by atoms with Crippen LogP contribution in [0.3, 0.4) is 0 Å². The highest BCUT2D eigenvalue weighted by Gasteiger charge is 2.34. The lowest BCUT2D eigenvalue weighted by molar-refractivity contribution is -0.154. The van der Waals surface area contributed by atoms with E-state index in [2.05, 4.69) is 0 Å². The molecule has 160 valence electrons. The Bertz CT molecular complexity index is 1070. The molecule has 3 aromatic rings. The van der Waals surface area contributed by atoms with Gasteiger partial charge in [-0.05, 0) is 11.1 Å². The van der Waals surface area contributed by atoms with Crippen LogP contribution in [-0.2, 0) is 20.9 Å². The number of ether oxygens (including phenoxy) is 2. The molecule has 31 heavy (non-hydrogen) atoms. The molecule has 0 spiro atoms. The van der Waals surface area contributed by atoms with Crippen molar-refractivity contribution in [2.24, 2.45) is 0 Å². The van der Waals surface area contributed by atoms with Crippen LogP contribution in [0.2, 0.25) is 25.1 Å². The zero-order chi connectivity index (χ0) is 22.5. The third-order valence-corrected chi connectivity index (χ3v) is 6.44. The monoisotopic (exact) mass is 516 g/mol. The third-order valence-electron chi connectivity index (χ3n) is 4.20. The average Bonchev–Trinajstić information content (AvgIpc) is 2.79. The maximum Gasteiger partial charge on any atom is 0.330 e. The van der Waals surface area contributed by atoms with Crippen LogP contribution >= 0.6 is 58.0 Å². The van der Waals surface area contributed by atoms with Gasteiger partial charge in [0.05, 0.1) is 15.1 Å². The summed E-state index contributed by atoms with van der Waals surface area (Å²) in [6.07, 6.45) is 0. The Balaban J connectivity index is 1.90. The topological polar surface area (TPSA) is 52.6 Å². The summed E-state index contributed by atoms with van der Waals surface area (Å²) in [6, 6.07) is 17.3. The van der Waals surface area contributed by atoms with E-state index in [9.17, 15) is 9.59 Å². The van der Waals surface area contributed by atoms with Crippen molar-refractivity contribution >= 4 is 69.9 Å². The summed E-state index contributed by atoms with van der Waals surface area (Å²) in [5, 5.41) is -0.773. The fourth-order valence-electron chi connectivity index (χ4n) is 2.66. The molecule has 1 atom stereocenters. The van der Waals surface area contributed by atoms with Crippen LogP contribution < -0.4 is 4.74 Å². The minimum atomic E-state index is -1.40.